The fraction of sp³-hybridized carbons (Fsp3) is 0.792. The quantitative estimate of drug-likeness (QED) is 0.0196. The smallest absolute Gasteiger partial charge is 0.306 e. The van der Waals surface area contributed by atoms with Gasteiger partial charge in [-0.15, -0.1) is 0 Å². The van der Waals surface area contributed by atoms with E-state index in [4.69, 9.17) is 18.5 Å². The number of rotatable bonds is 42. The fourth-order valence-electron chi connectivity index (χ4n) is 6.13. The number of likely N-dealkylation sites (N-methyl/N-ethyl adjacent to an activating group) is 1. The Kier molecular flexibility index (Phi) is 39.0. The second-order valence-corrected chi connectivity index (χ2v) is 18.2. The van der Waals surface area contributed by atoms with Crippen LogP contribution in [0.3, 0.4) is 0 Å². The van der Waals surface area contributed by atoms with Crippen molar-refractivity contribution < 1.29 is 42.1 Å². The second-order valence-electron chi connectivity index (χ2n) is 16.8. The van der Waals surface area contributed by atoms with E-state index in [9.17, 15) is 19.0 Å². The van der Waals surface area contributed by atoms with Crippen LogP contribution in [-0.2, 0) is 32.7 Å². The van der Waals surface area contributed by atoms with Crippen molar-refractivity contribution in [2.45, 2.75) is 200 Å². The molecular weight excluding hydrogens is 750 g/mol. The fourth-order valence-corrected chi connectivity index (χ4v) is 6.85. The van der Waals surface area contributed by atoms with Gasteiger partial charge in [0.25, 0.3) is 7.82 Å². The summed E-state index contributed by atoms with van der Waals surface area (Å²) >= 11 is 0. The van der Waals surface area contributed by atoms with Gasteiger partial charge in [0.15, 0.2) is 6.10 Å². The number of ether oxygens (including phenoxy) is 2. The number of hydrogen-bond acceptors (Lipinski definition) is 8. The van der Waals surface area contributed by atoms with Crippen molar-refractivity contribution in [3.05, 3.63) is 48.6 Å². The summed E-state index contributed by atoms with van der Waals surface area (Å²) in [5.41, 5.74) is 0. The molecule has 58 heavy (non-hydrogen) atoms. The number of esters is 2. The number of hydrogen-bond donors (Lipinski definition) is 0. The van der Waals surface area contributed by atoms with Crippen molar-refractivity contribution in [1.82, 2.24) is 0 Å². The van der Waals surface area contributed by atoms with Crippen LogP contribution in [-0.4, -0.2) is 70.0 Å². The number of phosphoric acid groups is 1. The Balaban J connectivity index is 4.33. The molecule has 0 aliphatic rings. The summed E-state index contributed by atoms with van der Waals surface area (Å²) in [5, 5.41) is 0. The van der Waals surface area contributed by atoms with Gasteiger partial charge in [-0.25, -0.2) is 0 Å². The van der Waals surface area contributed by atoms with Crippen LogP contribution in [0.15, 0.2) is 48.6 Å². The van der Waals surface area contributed by atoms with Crippen molar-refractivity contribution in [1.29, 1.82) is 0 Å². The van der Waals surface area contributed by atoms with E-state index in [1.807, 2.05) is 21.1 Å². The molecule has 0 aliphatic heterocycles. The molecule has 2 atom stereocenters. The highest BCUT2D eigenvalue weighted by Gasteiger charge is 2.21. The van der Waals surface area contributed by atoms with E-state index in [1.165, 1.54) is 83.5 Å². The molecule has 0 saturated heterocycles. The van der Waals surface area contributed by atoms with E-state index in [0.717, 1.165) is 77.0 Å². The highest BCUT2D eigenvalue weighted by molar-refractivity contribution is 7.45. The molecule has 0 bridgehead atoms. The lowest BCUT2D eigenvalue weighted by Gasteiger charge is -2.28. The Bertz CT molecular complexity index is 1130. The number of carbonyl (C=O) groups is 2. The van der Waals surface area contributed by atoms with Gasteiger partial charge in [0.05, 0.1) is 27.7 Å². The Morgan fingerprint density at radius 3 is 1.36 bits per heavy atom. The summed E-state index contributed by atoms with van der Waals surface area (Å²) < 4.78 is 33.9. The van der Waals surface area contributed by atoms with Crippen molar-refractivity contribution >= 4 is 19.8 Å². The van der Waals surface area contributed by atoms with Crippen LogP contribution in [0.2, 0.25) is 0 Å². The van der Waals surface area contributed by atoms with E-state index < -0.39 is 32.5 Å². The van der Waals surface area contributed by atoms with Crippen molar-refractivity contribution in [2.75, 3.05) is 47.5 Å². The summed E-state index contributed by atoms with van der Waals surface area (Å²) in [6.45, 7) is 4.16. The van der Waals surface area contributed by atoms with Gasteiger partial charge in [-0.3, -0.25) is 14.2 Å². The average molecular weight is 838 g/mol. The molecule has 0 aromatic heterocycles. The molecule has 338 valence electrons. The molecule has 0 fully saturated rings. The topological polar surface area (TPSA) is 111 Å². The first-order chi connectivity index (χ1) is 28.0. The van der Waals surface area contributed by atoms with E-state index in [-0.39, 0.29) is 26.1 Å². The largest absolute Gasteiger partial charge is 0.756 e. The van der Waals surface area contributed by atoms with E-state index in [2.05, 4.69) is 62.5 Å². The molecule has 0 aromatic rings. The third-order valence-electron chi connectivity index (χ3n) is 9.82. The maximum Gasteiger partial charge on any atom is 0.306 e. The van der Waals surface area contributed by atoms with Gasteiger partial charge < -0.3 is 27.9 Å². The lowest BCUT2D eigenvalue weighted by Crippen LogP contribution is -2.37. The zero-order valence-corrected chi connectivity index (χ0v) is 38.9. The minimum atomic E-state index is -4.63. The van der Waals surface area contributed by atoms with Crippen LogP contribution >= 0.6 is 7.82 Å². The molecule has 0 spiro atoms. The summed E-state index contributed by atoms with van der Waals surface area (Å²) in [7, 11) is 1.15. The van der Waals surface area contributed by atoms with Crippen LogP contribution in [0.5, 0.6) is 0 Å². The predicted octanol–water partition coefficient (Wildman–Crippen LogP) is 12.8. The molecule has 0 heterocycles. The van der Waals surface area contributed by atoms with Crippen LogP contribution in [0.25, 0.3) is 0 Å². The Hall–Kier alpha value is -2.03. The minimum absolute atomic E-state index is 0.0356. The Labute approximate surface area is 356 Å². The molecule has 0 aliphatic carbocycles. The molecular formula is C48H88NO8P. The zero-order valence-electron chi connectivity index (χ0n) is 38.0. The van der Waals surface area contributed by atoms with Crippen LogP contribution in [0.4, 0.5) is 0 Å². The van der Waals surface area contributed by atoms with E-state index in [1.54, 1.807) is 0 Å². The highest BCUT2D eigenvalue weighted by atomic mass is 31.2. The van der Waals surface area contributed by atoms with Crippen molar-refractivity contribution in [3.63, 3.8) is 0 Å². The normalized spacial score (nSPS) is 14.0. The summed E-state index contributed by atoms with van der Waals surface area (Å²) in [5.74, 6) is -0.855. The molecule has 1 unspecified atom stereocenters. The van der Waals surface area contributed by atoms with Crippen LogP contribution in [0, 0.1) is 0 Å². The first-order valence-corrected chi connectivity index (χ1v) is 24.8. The number of unbranched alkanes of at least 4 members (excludes halogenated alkanes) is 20. The molecule has 10 heteroatoms. The van der Waals surface area contributed by atoms with Gasteiger partial charge in [0, 0.05) is 12.8 Å². The third kappa shape index (κ3) is 43.5. The number of carbonyl (C=O) groups excluding carboxylic acids is 2. The standard InChI is InChI=1S/C48H88NO8P/c1-6-8-10-12-14-16-18-20-22-23-24-25-27-28-30-32-34-36-38-40-47(50)54-44-46(45-56-58(52,53)55-43-42-49(3,4)5)57-48(51)41-39-37-35-33-31-29-26-21-19-17-15-13-11-9-7-2/h14-17,20-22,26,46H,6-13,18-19,23-25,27-45H2,1-5H3/b16-14-,17-15-,22-20-,26-21-/t46-/m1/s1. The summed E-state index contributed by atoms with van der Waals surface area (Å²) in [4.78, 5) is 37.6. The van der Waals surface area contributed by atoms with Gasteiger partial charge in [-0.05, 0) is 77.0 Å². The maximum absolute atomic E-state index is 12.7. The Morgan fingerprint density at radius 1 is 0.534 bits per heavy atom. The molecule has 0 aromatic carbocycles. The predicted molar refractivity (Wildman–Crippen MR) is 240 cm³/mol. The van der Waals surface area contributed by atoms with Crippen molar-refractivity contribution in [3.8, 4) is 0 Å². The lowest BCUT2D eigenvalue weighted by molar-refractivity contribution is -0.870. The second kappa shape index (κ2) is 40.4. The average Bonchev–Trinajstić information content (AvgIpc) is 3.17. The van der Waals surface area contributed by atoms with Crippen molar-refractivity contribution in [2.24, 2.45) is 0 Å². The van der Waals surface area contributed by atoms with E-state index in [0.29, 0.717) is 17.4 Å². The van der Waals surface area contributed by atoms with Gasteiger partial charge in [-0.1, -0.05) is 152 Å². The number of allylic oxidation sites excluding steroid dienone is 8. The SMILES string of the molecule is CCCCC/C=C\C/C=C\CCCCCCCCCCCC(=O)OC[C@H](COP(=O)([O-])OCC[N+](C)(C)C)OC(=O)CCCCCCC/C=C\C/C=C\CCCCC. The van der Waals surface area contributed by atoms with Gasteiger partial charge >= 0.3 is 11.9 Å². The monoisotopic (exact) mass is 838 g/mol. The summed E-state index contributed by atoms with van der Waals surface area (Å²) in [6, 6.07) is 0. The highest BCUT2D eigenvalue weighted by Crippen LogP contribution is 2.38. The zero-order chi connectivity index (χ0) is 42.8. The molecule has 0 N–H and O–H groups in total. The number of nitrogens with zero attached hydrogens (tertiary/aromatic N) is 1. The third-order valence-corrected chi connectivity index (χ3v) is 10.8. The molecule has 0 saturated carbocycles. The first-order valence-electron chi connectivity index (χ1n) is 23.3. The first kappa shape index (κ1) is 56.0. The van der Waals surface area contributed by atoms with Crippen LogP contribution < -0.4 is 4.89 Å². The molecule has 9 nitrogen and oxygen atoms in total. The number of quaternary nitrogens is 1. The van der Waals surface area contributed by atoms with Gasteiger partial charge in [-0.2, -0.15) is 0 Å². The Morgan fingerprint density at radius 2 is 0.931 bits per heavy atom. The molecule has 0 amide bonds. The molecule has 0 rings (SSSR count). The summed E-state index contributed by atoms with van der Waals surface area (Å²) in [6.07, 6.45) is 47.0. The number of phosphoric ester groups is 1. The van der Waals surface area contributed by atoms with E-state index >= 15 is 0 Å². The van der Waals surface area contributed by atoms with Crippen LogP contribution in [0.1, 0.15) is 194 Å². The lowest BCUT2D eigenvalue weighted by atomic mass is 10.1. The van der Waals surface area contributed by atoms with Gasteiger partial charge in [0.1, 0.15) is 19.8 Å². The minimum Gasteiger partial charge on any atom is -0.756 e. The molecule has 0 radical (unpaired) electrons. The maximum atomic E-state index is 12.7. The van der Waals surface area contributed by atoms with Gasteiger partial charge in [0.2, 0.25) is 0 Å².